The molecule has 1 aromatic heterocycles. The van der Waals surface area contributed by atoms with E-state index in [0.717, 1.165) is 18.2 Å². The normalized spacial score (nSPS) is 12.3. The number of hydrogen-bond acceptors (Lipinski definition) is 7. The standard InChI is InChI=1S/C17H13NO7S/c1-24-11-4-2-3-10(7-11)15(19)9-14-17(20)25-16-6-5-12(26(21,22)23)8-13(16)18-14/h2-9,19H,1H3,(H,21,22,23). The number of aromatic nitrogens is 1. The molecule has 0 aliphatic heterocycles. The third-order valence-corrected chi connectivity index (χ3v) is 4.37. The molecular weight excluding hydrogens is 362 g/mol. The summed E-state index contributed by atoms with van der Waals surface area (Å²) in [6, 6.07) is 9.88. The van der Waals surface area contributed by atoms with Crippen molar-refractivity contribution in [2.24, 2.45) is 0 Å². The van der Waals surface area contributed by atoms with Gasteiger partial charge in [-0.1, -0.05) is 12.1 Å². The smallest absolute Gasteiger partial charge is 0.362 e. The van der Waals surface area contributed by atoms with Crippen LogP contribution in [0, 0.1) is 0 Å². The molecule has 0 aliphatic rings. The van der Waals surface area contributed by atoms with Crippen LogP contribution in [0.1, 0.15) is 11.3 Å². The zero-order valence-corrected chi connectivity index (χ0v) is 14.2. The molecule has 3 aromatic rings. The van der Waals surface area contributed by atoms with E-state index in [1.807, 2.05) is 0 Å². The number of aliphatic hydroxyl groups is 1. The van der Waals surface area contributed by atoms with Crippen LogP contribution >= 0.6 is 0 Å². The number of ether oxygens (including phenoxy) is 1. The second-order valence-corrected chi connectivity index (χ2v) is 6.67. The van der Waals surface area contributed by atoms with Crippen molar-refractivity contribution < 1.29 is 27.2 Å². The lowest BCUT2D eigenvalue weighted by molar-refractivity contribution is 0.414. The summed E-state index contributed by atoms with van der Waals surface area (Å²) < 4.78 is 41.7. The first-order valence-electron chi connectivity index (χ1n) is 7.25. The molecule has 0 saturated carbocycles. The van der Waals surface area contributed by atoms with Gasteiger partial charge in [-0.3, -0.25) is 4.55 Å². The largest absolute Gasteiger partial charge is 0.507 e. The van der Waals surface area contributed by atoms with E-state index in [0.29, 0.717) is 11.3 Å². The molecule has 2 aromatic carbocycles. The summed E-state index contributed by atoms with van der Waals surface area (Å²) in [5.74, 6) is 0.257. The van der Waals surface area contributed by atoms with Gasteiger partial charge in [0.15, 0.2) is 11.3 Å². The topological polar surface area (TPSA) is 127 Å². The van der Waals surface area contributed by atoms with Crippen molar-refractivity contribution in [2.75, 3.05) is 7.11 Å². The van der Waals surface area contributed by atoms with Crippen molar-refractivity contribution in [3.63, 3.8) is 0 Å². The number of fused-ring (bicyclic) bond motifs is 1. The van der Waals surface area contributed by atoms with Crippen LogP contribution in [-0.2, 0) is 10.1 Å². The van der Waals surface area contributed by atoms with E-state index < -0.39 is 20.6 Å². The third kappa shape index (κ3) is 3.58. The van der Waals surface area contributed by atoms with Crippen molar-refractivity contribution in [3.8, 4) is 5.75 Å². The second-order valence-electron chi connectivity index (χ2n) is 5.25. The highest BCUT2D eigenvalue weighted by Gasteiger charge is 2.13. The van der Waals surface area contributed by atoms with Gasteiger partial charge in [-0.05, 0) is 30.3 Å². The van der Waals surface area contributed by atoms with Crippen molar-refractivity contribution in [3.05, 3.63) is 64.1 Å². The van der Waals surface area contributed by atoms with Crippen LogP contribution in [0.3, 0.4) is 0 Å². The Morgan fingerprint density at radius 1 is 1.23 bits per heavy atom. The molecule has 26 heavy (non-hydrogen) atoms. The highest BCUT2D eigenvalue weighted by Crippen LogP contribution is 2.21. The molecule has 134 valence electrons. The van der Waals surface area contributed by atoms with Crippen molar-refractivity contribution in [1.82, 2.24) is 4.98 Å². The summed E-state index contributed by atoms with van der Waals surface area (Å²) in [5.41, 5.74) is -0.584. The average molecular weight is 375 g/mol. The van der Waals surface area contributed by atoms with Crippen molar-refractivity contribution in [2.45, 2.75) is 4.90 Å². The van der Waals surface area contributed by atoms with Crippen molar-refractivity contribution in [1.29, 1.82) is 0 Å². The van der Waals surface area contributed by atoms with Crippen LogP contribution in [0.25, 0.3) is 22.9 Å². The molecule has 0 amide bonds. The summed E-state index contributed by atoms with van der Waals surface area (Å²) in [4.78, 5) is 15.6. The Balaban J connectivity index is 2.11. The lowest BCUT2D eigenvalue weighted by Crippen LogP contribution is -2.07. The van der Waals surface area contributed by atoms with Crippen LogP contribution in [0.2, 0.25) is 0 Å². The maximum absolute atomic E-state index is 12.0. The molecule has 0 fully saturated rings. The Kier molecular flexibility index (Phi) is 4.49. The van der Waals surface area contributed by atoms with E-state index in [2.05, 4.69) is 4.98 Å². The highest BCUT2D eigenvalue weighted by atomic mass is 32.2. The molecule has 0 unspecified atom stereocenters. The van der Waals surface area contributed by atoms with Crippen LogP contribution < -0.4 is 10.4 Å². The minimum Gasteiger partial charge on any atom is -0.507 e. The first-order chi connectivity index (χ1) is 12.3. The van der Waals surface area contributed by atoms with Crippen LogP contribution in [0.4, 0.5) is 0 Å². The molecular formula is C17H13NO7S. The SMILES string of the molecule is COc1cccc(C(O)=Cc2nc3cc(S(=O)(=O)O)ccc3oc2=O)c1. The summed E-state index contributed by atoms with van der Waals surface area (Å²) >= 11 is 0. The van der Waals surface area contributed by atoms with Gasteiger partial charge in [0.05, 0.1) is 12.0 Å². The van der Waals surface area contributed by atoms with Crippen LogP contribution in [0.15, 0.2) is 56.6 Å². The van der Waals surface area contributed by atoms with E-state index in [9.17, 15) is 18.3 Å². The van der Waals surface area contributed by atoms with Gasteiger partial charge in [-0.2, -0.15) is 8.42 Å². The lowest BCUT2D eigenvalue weighted by atomic mass is 10.1. The van der Waals surface area contributed by atoms with E-state index in [1.54, 1.807) is 24.3 Å². The Labute approximate surface area is 147 Å². The monoisotopic (exact) mass is 375 g/mol. The first kappa shape index (κ1) is 17.6. The minimum absolute atomic E-state index is 0.0319. The zero-order valence-electron chi connectivity index (χ0n) is 13.4. The molecule has 8 nitrogen and oxygen atoms in total. The maximum Gasteiger partial charge on any atom is 0.362 e. The van der Waals surface area contributed by atoms with Gasteiger partial charge in [-0.15, -0.1) is 0 Å². The van der Waals surface area contributed by atoms with E-state index in [4.69, 9.17) is 13.7 Å². The number of methoxy groups -OCH3 is 1. The van der Waals surface area contributed by atoms with Gasteiger partial charge in [0.1, 0.15) is 17.0 Å². The van der Waals surface area contributed by atoms with Gasteiger partial charge in [0.2, 0.25) is 0 Å². The van der Waals surface area contributed by atoms with E-state index in [-0.39, 0.29) is 22.6 Å². The quantitative estimate of drug-likeness (QED) is 0.526. The maximum atomic E-state index is 12.0. The predicted molar refractivity (Wildman–Crippen MR) is 93.6 cm³/mol. The lowest BCUT2D eigenvalue weighted by Gasteiger charge is -2.04. The van der Waals surface area contributed by atoms with Gasteiger partial charge in [0.25, 0.3) is 10.1 Å². The van der Waals surface area contributed by atoms with Gasteiger partial charge in [-0.25, -0.2) is 9.78 Å². The Morgan fingerprint density at radius 3 is 2.69 bits per heavy atom. The molecule has 0 saturated heterocycles. The van der Waals surface area contributed by atoms with E-state index >= 15 is 0 Å². The fourth-order valence-corrected chi connectivity index (χ4v) is 2.75. The minimum atomic E-state index is -4.43. The Hall–Kier alpha value is -3.17. The van der Waals surface area contributed by atoms with Crippen LogP contribution in [-0.4, -0.2) is 30.2 Å². The van der Waals surface area contributed by atoms with Gasteiger partial charge < -0.3 is 14.3 Å². The van der Waals surface area contributed by atoms with Gasteiger partial charge in [0, 0.05) is 11.6 Å². The second kappa shape index (κ2) is 6.62. The summed E-state index contributed by atoms with van der Waals surface area (Å²) in [5, 5.41) is 10.2. The fraction of sp³-hybridized carbons (Fsp3) is 0.0588. The summed E-state index contributed by atoms with van der Waals surface area (Å²) in [6.45, 7) is 0. The molecule has 3 rings (SSSR count). The number of benzene rings is 2. The molecule has 2 N–H and O–H groups in total. The first-order valence-corrected chi connectivity index (χ1v) is 8.69. The summed E-state index contributed by atoms with van der Waals surface area (Å²) in [7, 11) is -2.95. The zero-order chi connectivity index (χ0) is 18.9. The fourth-order valence-electron chi connectivity index (χ4n) is 2.25. The highest BCUT2D eigenvalue weighted by molar-refractivity contribution is 7.85. The molecule has 0 bridgehead atoms. The van der Waals surface area contributed by atoms with Crippen molar-refractivity contribution >= 4 is 33.1 Å². The van der Waals surface area contributed by atoms with E-state index in [1.165, 1.54) is 13.2 Å². The van der Waals surface area contributed by atoms with Crippen LogP contribution in [0.5, 0.6) is 5.75 Å². The Morgan fingerprint density at radius 2 is 2.00 bits per heavy atom. The van der Waals surface area contributed by atoms with Gasteiger partial charge >= 0.3 is 5.63 Å². The molecule has 0 spiro atoms. The number of rotatable bonds is 4. The molecule has 1 heterocycles. The number of hydrogen-bond donors (Lipinski definition) is 2. The number of nitrogens with zero attached hydrogens (tertiary/aromatic N) is 1. The number of aliphatic hydroxyl groups excluding tert-OH is 1. The Bertz CT molecular complexity index is 1180. The molecule has 0 radical (unpaired) electrons. The average Bonchev–Trinajstić information content (AvgIpc) is 2.61. The molecule has 0 atom stereocenters. The predicted octanol–water partition coefficient (Wildman–Crippen LogP) is 2.50. The molecule has 9 heteroatoms. The third-order valence-electron chi connectivity index (χ3n) is 3.52. The summed E-state index contributed by atoms with van der Waals surface area (Å²) in [6.07, 6.45) is 1.10. The molecule has 0 aliphatic carbocycles.